The van der Waals surface area contributed by atoms with Crippen molar-refractivity contribution in [3.63, 3.8) is 0 Å². The standard InChI is InChI=1S/C15H23NO6/c1-4-11-9-13(20-7-5-18-2)14(21-8-6-19-3)10-12(11)15(17)22-16/h9-10H,4-8,16H2,1-3H3. The highest BCUT2D eigenvalue weighted by molar-refractivity contribution is 5.91. The van der Waals surface area contributed by atoms with Crippen LogP contribution in [0.25, 0.3) is 0 Å². The summed E-state index contributed by atoms with van der Waals surface area (Å²) in [4.78, 5) is 16.1. The van der Waals surface area contributed by atoms with Crippen molar-refractivity contribution in [3.05, 3.63) is 23.3 Å². The van der Waals surface area contributed by atoms with Crippen LogP contribution in [0.2, 0.25) is 0 Å². The lowest BCUT2D eigenvalue weighted by Crippen LogP contribution is -2.14. The smallest absolute Gasteiger partial charge is 0.357 e. The Morgan fingerprint density at radius 1 is 1.00 bits per heavy atom. The molecule has 0 saturated carbocycles. The van der Waals surface area contributed by atoms with Gasteiger partial charge < -0.3 is 23.8 Å². The predicted octanol–water partition coefficient (Wildman–Crippen LogP) is 1.33. The summed E-state index contributed by atoms with van der Waals surface area (Å²) in [6.45, 7) is 3.50. The number of nitrogens with two attached hydrogens (primary N) is 1. The zero-order valence-corrected chi connectivity index (χ0v) is 13.2. The van der Waals surface area contributed by atoms with Crippen LogP contribution >= 0.6 is 0 Å². The minimum absolute atomic E-state index is 0.333. The second-order valence-electron chi connectivity index (χ2n) is 4.40. The Morgan fingerprint density at radius 2 is 1.55 bits per heavy atom. The summed E-state index contributed by atoms with van der Waals surface area (Å²) < 4.78 is 21.2. The maximum Gasteiger partial charge on any atom is 0.357 e. The molecule has 0 bridgehead atoms. The number of carbonyl (C=O) groups is 1. The van der Waals surface area contributed by atoms with Gasteiger partial charge in [-0.1, -0.05) is 6.92 Å². The maximum absolute atomic E-state index is 11.8. The molecule has 0 amide bonds. The van der Waals surface area contributed by atoms with E-state index < -0.39 is 5.97 Å². The first-order valence-corrected chi connectivity index (χ1v) is 6.99. The van der Waals surface area contributed by atoms with Crippen molar-refractivity contribution in [1.29, 1.82) is 0 Å². The van der Waals surface area contributed by atoms with Crippen molar-refractivity contribution < 1.29 is 28.6 Å². The van der Waals surface area contributed by atoms with Crippen LogP contribution in [0.4, 0.5) is 0 Å². The molecular formula is C15H23NO6. The van der Waals surface area contributed by atoms with E-state index in [1.807, 2.05) is 6.92 Å². The molecule has 0 aliphatic rings. The van der Waals surface area contributed by atoms with Crippen molar-refractivity contribution in [2.75, 3.05) is 40.6 Å². The monoisotopic (exact) mass is 313 g/mol. The first-order valence-electron chi connectivity index (χ1n) is 6.99. The molecular weight excluding hydrogens is 290 g/mol. The van der Waals surface area contributed by atoms with Gasteiger partial charge in [0.2, 0.25) is 0 Å². The minimum atomic E-state index is -0.614. The lowest BCUT2D eigenvalue weighted by Gasteiger charge is -2.16. The number of hydrogen-bond acceptors (Lipinski definition) is 7. The number of hydrogen-bond donors (Lipinski definition) is 1. The van der Waals surface area contributed by atoms with Gasteiger partial charge >= 0.3 is 5.97 Å². The lowest BCUT2D eigenvalue weighted by atomic mass is 10.0. The fourth-order valence-electron chi connectivity index (χ4n) is 1.84. The Labute approximate surface area is 130 Å². The molecule has 1 rings (SSSR count). The van der Waals surface area contributed by atoms with Crippen LogP contribution in [0.3, 0.4) is 0 Å². The Hall–Kier alpha value is -1.83. The lowest BCUT2D eigenvalue weighted by molar-refractivity contribution is 0.0501. The SMILES string of the molecule is CCc1cc(OCCOC)c(OCCOC)cc1C(=O)ON. The number of methoxy groups -OCH3 is 2. The van der Waals surface area contributed by atoms with Gasteiger partial charge in [0.25, 0.3) is 0 Å². The van der Waals surface area contributed by atoms with Gasteiger partial charge in [-0.2, -0.15) is 5.90 Å². The predicted molar refractivity (Wildman–Crippen MR) is 80.2 cm³/mol. The number of rotatable bonds is 10. The van der Waals surface area contributed by atoms with Crippen LogP contribution < -0.4 is 15.4 Å². The van der Waals surface area contributed by atoms with Gasteiger partial charge in [-0.25, -0.2) is 4.79 Å². The van der Waals surface area contributed by atoms with Gasteiger partial charge in [-0.15, -0.1) is 0 Å². The van der Waals surface area contributed by atoms with E-state index in [0.717, 1.165) is 5.56 Å². The van der Waals surface area contributed by atoms with E-state index >= 15 is 0 Å². The van der Waals surface area contributed by atoms with Crippen molar-refractivity contribution in [2.24, 2.45) is 5.90 Å². The maximum atomic E-state index is 11.8. The molecule has 124 valence electrons. The average molecular weight is 313 g/mol. The highest BCUT2D eigenvalue weighted by atomic mass is 16.7. The Morgan fingerprint density at radius 3 is 2.00 bits per heavy atom. The summed E-state index contributed by atoms with van der Waals surface area (Å²) >= 11 is 0. The largest absolute Gasteiger partial charge is 0.487 e. The molecule has 7 nitrogen and oxygen atoms in total. The fraction of sp³-hybridized carbons (Fsp3) is 0.533. The number of ether oxygens (including phenoxy) is 4. The molecule has 0 unspecified atom stereocenters. The zero-order valence-electron chi connectivity index (χ0n) is 13.2. The first kappa shape index (κ1) is 18.2. The van der Waals surface area contributed by atoms with Crippen molar-refractivity contribution in [3.8, 4) is 11.5 Å². The van der Waals surface area contributed by atoms with E-state index in [1.54, 1.807) is 26.4 Å². The number of carbonyl (C=O) groups excluding carboxylic acids is 1. The molecule has 0 aliphatic heterocycles. The van der Waals surface area contributed by atoms with Crippen LogP contribution in [0, 0.1) is 0 Å². The third kappa shape index (κ3) is 5.18. The molecule has 1 aromatic carbocycles. The molecule has 1 aromatic rings. The summed E-state index contributed by atoms with van der Waals surface area (Å²) in [7, 11) is 3.17. The molecule has 7 heteroatoms. The third-order valence-corrected chi connectivity index (χ3v) is 2.97. The van der Waals surface area contributed by atoms with E-state index in [-0.39, 0.29) is 0 Å². The Bertz CT molecular complexity index is 477. The minimum Gasteiger partial charge on any atom is -0.487 e. The molecule has 0 heterocycles. The van der Waals surface area contributed by atoms with Gasteiger partial charge in [0.05, 0.1) is 18.8 Å². The Balaban J connectivity index is 3.06. The third-order valence-electron chi connectivity index (χ3n) is 2.97. The van der Waals surface area contributed by atoms with Gasteiger partial charge in [0.1, 0.15) is 13.2 Å². The normalized spacial score (nSPS) is 10.4. The van der Waals surface area contributed by atoms with E-state index in [1.165, 1.54) is 0 Å². The van der Waals surface area contributed by atoms with Gasteiger partial charge in [-0.3, -0.25) is 0 Å². The second kappa shape index (κ2) is 9.99. The van der Waals surface area contributed by atoms with Crippen molar-refractivity contribution in [1.82, 2.24) is 0 Å². The van der Waals surface area contributed by atoms with E-state index in [2.05, 4.69) is 4.84 Å². The van der Waals surface area contributed by atoms with E-state index in [0.29, 0.717) is 49.9 Å². The molecule has 0 radical (unpaired) electrons. The molecule has 0 aromatic heterocycles. The molecule has 0 spiro atoms. The molecule has 0 fully saturated rings. The first-order chi connectivity index (χ1) is 10.7. The highest BCUT2D eigenvalue weighted by Crippen LogP contribution is 2.32. The van der Waals surface area contributed by atoms with Crippen LogP contribution in [0.15, 0.2) is 12.1 Å². The van der Waals surface area contributed by atoms with Crippen molar-refractivity contribution >= 4 is 5.97 Å². The summed E-state index contributed by atoms with van der Waals surface area (Å²) in [6, 6.07) is 3.33. The van der Waals surface area contributed by atoms with Gasteiger partial charge in [-0.05, 0) is 24.1 Å². The summed E-state index contributed by atoms with van der Waals surface area (Å²) in [5.41, 5.74) is 1.12. The topological polar surface area (TPSA) is 89.2 Å². The van der Waals surface area contributed by atoms with Crippen LogP contribution in [-0.2, 0) is 20.7 Å². The summed E-state index contributed by atoms with van der Waals surface area (Å²) in [5, 5.41) is 0. The molecule has 2 N–H and O–H groups in total. The molecule has 0 aliphatic carbocycles. The molecule has 0 saturated heterocycles. The number of benzene rings is 1. The highest BCUT2D eigenvalue weighted by Gasteiger charge is 2.17. The second-order valence-corrected chi connectivity index (χ2v) is 4.40. The quantitative estimate of drug-likeness (QED) is 0.515. The van der Waals surface area contributed by atoms with Gasteiger partial charge in [0, 0.05) is 14.2 Å². The molecule has 22 heavy (non-hydrogen) atoms. The summed E-state index contributed by atoms with van der Waals surface area (Å²) in [6.07, 6.45) is 0.628. The van der Waals surface area contributed by atoms with E-state index in [4.69, 9.17) is 24.8 Å². The van der Waals surface area contributed by atoms with Crippen LogP contribution in [-0.4, -0.2) is 46.6 Å². The van der Waals surface area contributed by atoms with Crippen LogP contribution in [0.1, 0.15) is 22.8 Å². The molecule has 0 atom stereocenters. The summed E-state index contributed by atoms with van der Waals surface area (Å²) in [5.74, 6) is 5.34. The fourth-order valence-corrected chi connectivity index (χ4v) is 1.84. The number of aryl methyl sites for hydroxylation is 1. The van der Waals surface area contributed by atoms with Crippen molar-refractivity contribution in [2.45, 2.75) is 13.3 Å². The Kier molecular flexibility index (Phi) is 8.27. The zero-order chi connectivity index (χ0) is 16.4. The van der Waals surface area contributed by atoms with Crippen LogP contribution in [0.5, 0.6) is 11.5 Å². The van der Waals surface area contributed by atoms with Gasteiger partial charge in [0.15, 0.2) is 11.5 Å². The van der Waals surface area contributed by atoms with E-state index in [9.17, 15) is 4.79 Å². The average Bonchev–Trinajstić information content (AvgIpc) is 2.55.